The summed E-state index contributed by atoms with van der Waals surface area (Å²) in [6, 6.07) is 4.65. The molecule has 0 aromatic carbocycles. The van der Waals surface area contributed by atoms with Crippen molar-refractivity contribution in [2.24, 2.45) is 5.92 Å². The molecular weight excluding hydrogens is 212 g/mol. The zero-order valence-electron chi connectivity index (χ0n) is 10.8. The van der Waals surface area contributed by atoms with Crippen LogP contribution >= 0.6 is 0 Å². The summed E-state index contributed by atoms with van der Waals surface area (Å²) in [4.78, 5) is 6.46. The highest BCUT2D eigenvalue weighted by Crippen LogP contribution is 2.29. The van der Waals surface area contributed by atoms with Crippen molar-refractivity contribution in [3.05, 3.63) is 24.0 Å². The number of hydrogen-bond acceptors (Lipinski definition) is 3. The lowest BCUT2D eigenvalue weighted by Gasteiger charge is -2.35. The first kappa shape index (κ1) is 12.4. The molecule has 0 saturated heterocycles. The first-order chi connectivity index (χ1) is 8.20. The second-order valence-corrected chi connectivity index (χ2v) is 5.19. The Balaban J connectivity index is 2.05. The lowest BCUT2D eigenvalue weighted by molar-refractivity contribution is 0.277. The molecule has 1 aliphatic carbocycles. The van der Waals surface area contributed by atoms with Crippen LogP contribution in [0.25, 0.3) is 0 Å². The summed E-state index contributed by atoms with van der Waals surface area (Å²) < 4.78 is 0. The second-order valence-electron chi connectivity index (χ2n) is 5.19. The predicted octanol–water partition coefficient (Wildman–Crippen LogP) is 2.59. The van der Waals surface area contributed by atoms with Crippen LogP contribution in [0.5, 0.6) is 0 Å². The molecule has 2 rings (SSSR count). The molecule has 0 amide bonds. The van der Waals surface area contributed by atoms with Gasteiger partial charge in [0, 0.05) is 25.0 Å². The molecule has 3 heteroatoms. The highest BCUT2D eigenvalue weighted by Gasteiger charge is 2.21. The highest BCUT2D eigenvalue weighted by atomic mass is 16.3. The average molecular weight is 234 g/mol. The standard InChI is InChI=1S/C14H22N2O/c1-11-3-5-13(6-4-11)16(2)14-7-8-15-12(9-14)10-17/h7-9,11,13,17H,3-6,10H2,1-2H3. The fraction of sp³-hybridized carbons (Fsp3) is 0.643. The van der Waals surface area contributed by atoms with Crippen LogP contribution in [0.2, 0.25) is 0 Å². The molecule has 0 atom stereocenters. The van der Waals surface area contributed by atoms with Crippen molar-refractivity contribution in [1.29, 1.82) is 0 Å². The Morgan fingerprint density at radius 2 is 2.06 bits per heavy atom. The fourth-order valence-electron chi connectivity index (χ4n) is 2.61. The molecule has 1 N–H and O–H groups in total. The molecule has 0 spiro atoms. The van der Waals surface area contributed by atoms with Crippen LogP contribution in [0, 0.1) is 5.92 Å². The van der Waals surface area contributed by atoms with Crippen LogP contribution in [-0.2, 0) is 6.61 Å². The van der Waals surface area contributed by atoms with Crippen LogP contribution in [-0.4, -0.2) is 23.2 Å². The summed E-state index contributed by atoms with van der Waals surface area (Å²) in [5, 5.41) is 9.11. The Labute approximate surface area is 103 Å². The topological polar surface area (TPSA) is 36.4 Å². The van der Waals surface area contributed by atoms with Gasteiger partial charge in [0.2, 0.25) is 0 Å². The number of pyridine rings is 1. The van der Waals surface area contributed by atoms with Gasteiger partial charge < -0.3 is 10.0 Å². The lowest BCUT2D eigenvalue weighted by atomic mass is 9.86. The average Bonchev–Trinajstić information content (AvgIpc) is 2.39. The molecule has 1 aliphatic rings. The van der Waals surface area contributed by atoms with E-state index in [-0.39, 0.29) is 6.61 Å². The van der Waals surface area contributed by atoms with E-state index < -0.39 is 0 Å². The molecule has 1 heterocycles. The Kier molecular flexibility index (Phi) is 4.00. The zero-order valence-corrected chi connectivity index (χ0v) is 10.8. The zero-order chi connectivity index (χ0) is 12.3. The maximum atomic E-state index is 9.11. The van der Waals surface area contributed by atoms with Gasteiger partial charge >= 0.3 is 0 Å². The lowest BCUT2D eigenvalue weighted by Crippen LogP contribution is -2.34. The summed E-state index contributed by atoms with van der Waals surface area (Å²) >= 11 is 0. The van der Waals surface area contributed by atoms with Gasteiger partial charge in [-0.25, -0.2) is 0 Å². The van der Waals surface area contributed by atoms with Crippen molar-refractivity contribution in [2.45, 2.75) is 45.3 Å². The van der Waals surface area contributed by atoms with E-state index in [2.05, 4.69) is 23.9 Å². The molecule has 0 radical (unpaired) electrons. The molecular formula is C14H22N2O. The SMILES string of the molecule is CC1CCC(N(C)c2ccnc(CO)c2)CC1. The van der Waals surface area contributed by atoms with Crippen molar-refractivity contribution < 1.29 is 5.11 Å². The van der Waals surface area contributed by atoms with E-state index in [1.807, 2.05) is 12.1 Å². The van der Waals surface area contributed by atoms with Crippen LogP contribution in [0.1, 0.15) is 38.3 Å². The van der Waals surface area contributed by atoms with Gasteiger partial charge in [-0.2, -0.15) is 0 Å². The number of nitrogens with zero attached hydrogens (tertiary/aromatic N) is 2. The minimum absolute atomic E-state index is 0.0172. The monoisotopic (exact) mass is 234 g/mol. The first-order valence-corrected chi connectivity index (χ1v) is 6.49. The van der Waals surface area contributed by atoms with Gasteiger partial charge in [0.1, 0.15) is 0 Å². The minimum Gasteiger partial charge on any atom is -0.390 e. The number of aliphatic hydroxyl groups excluding tert-OH is 1. The predicted molar refractivity (Wildman–Crippen MR) is 70.0 cm³/mol. The van der Waals surface area contributed by atoms with Gasteiger partial charge in [-0.15, -0.1) is 0 Å². The number of rotatable bonds is 3. The summed E-state index contributed by atoms with van der Waals surface area (Å²) in [6.45, 7) is 2.36. The smallest absolute Gasteiger partial charge is 0.0853 e. The Morgan fingerprint density at radius 1 is 1.35 bits per heavy atom. The van der Waals surface area contributed by atoms with Gasteiger partial charge in [0.05, 0.1) is 12.3 Å². The molecule has 0 aliphatic heterocycles. The highest BCUT2D eigenvalue weighted by molar-refractivity contribution is 5.46. The number of anilines is 1. The third-order valence-electron chi connectivity index (χ3n) is 3.90. The largest absolute Gasteiger partial charge is 0.390 e. The van der Waals surface area contributed by atoms with Crippen molar-refractivity contribution in [1.82, 2.24) is 4.98 Å². The fourth-order valence-corrected chi connectivity index (χ4v) is 2.61. The van der Waals surface area contributed by atoms with Crippen LogP contribution < -0.4 is 4.90 Å². The van der Waals surface area contributed by atoms with Gasteiger partial charge in [0.15, 0.2) is 0 Å². The van der Waals surface area contributed by atoms with Gasteiger partial charge in [-0.05, 0) is 43.7 Å². The molecule has 3 nitrogen and oxygen atoms in total. The summed E-state index contributed by atoms with van der Waals surface area (Å²) in [7, 11) is 2.15. The Bertz CT molecular complexity index is 359. The van der Waals surface area contributed by atoms with Gasteiger partial charge in [0.25, 0.3) is 0 Å². The molecule has 1 aromatic heterocycles. The van der Waals surface area contributed by atoms with Crippen molar-refractivity contribution >= 4 is 5.69 Å². The van der Waals surface area contributed by atoms with E-state index >= 15 is 0 Å². The van der Waals surface area contributed by atoms with Crippen molar-refractivity contribution in [3.8, 4) is 0 Å². The van der Waals surface area contributed by atoms with E-state index in [1.54, 1.807) is 6.20 Å². The summed E-state index contributed by atoms with van der Waals surface area (Å²) in [6.07, 6.45) is 6.98. The Morgan fingerprint density at radius 3 is 2.71 bits per heavy atom. The maximum Gasteiger partial charge on any atom is 0.0853 e. The van der Waals surface area contributed by atoms with Crippen molar-refractivity contribution in [2.75, 3.05) is 11.9 Å². The van der Waals surface area contributed by atoms with Crippen LogP contribution in [0.15, 0.2) is 18.3 Å². The molecule has 1 fully saturated rings. The third kappa shape index (κ3) is 2.97. The van der Waals surface area contributed by atoms with E-state index in [1.165, 1.54) is 31.4 Å². The molecule has 0 unspecified atom stereocenters. The molecule has 94 valence electrons. The number of hydrogen-bond donors (Lipinski definition) is 1. The Hall–Kier alpha value is -1.09. The van der Waals surface area contributed by atoms with Crippen LogP contribution in [0.4, 0.5) is 5.69 Å². The third-order valence-corrected chi connectivity index (χ3v) is 3.90. The number of aromatic nitrogens is 1. The summed E-state index contributed by atoms with van der Waals surface area (Å²) in [5.41, 5.74) is 1.92. The molecule has 0 bridgehead atoms. The van der Waals surface area contributed by atoms with E-state index in [4.69, 9.17) is 5.11 Å². The second kappa shape index (κ2) is 5.50. The first-order valence-electron chi connectivity index (χ1n) is 6.49. The number of aliphatic hydroxyl groups is 1. The quantitative estimate of drug-likeness (QED) is 0.873. The molecule has 17 heavy (non-hydrogen) atoms. The van der Waals surface area contributed by atoms with E-state index in [0.717, 1.165) is 11.6 Å². The minimum atomic E-state index is 0.0172. The van der Waals surface area contributed by atoms with E-state index in [0.29, 0.717) is 6.04 Å². The maximum absolute atomic E-state index is 9.11. The van der Waals surface area contributed by atoms with Gasteiger partial charge in [-0.1, -0.05) is 6.92 Å². The van der Waals surface area contributed by atoms with E-state index in [9.17, 15) is 0 Å². The normalized spacial score (nSPS) is 24.6. The van der Waals surface area contributed by atoms with Gasteiger partial charge in [-0.3, -0.25) is 4.98 Å². The summed E-state index contributed by atoms with van der Waals surface area (Å²) in [5.74, 6) is 0.880. The van der Waals surface area contributed by atoms with Crippen LogP contribution in [0.3, 0.4) is 0 Å². The molecule has 1 aromatic rings. The molecule has 1 saturated carbocycles. The van der Waals surface area contributed by atoms with Crippen molar-refractivity contribution in [3.63, 3.8) is 0 Å².